The molecular formula is C27H29N9O3. The Bertz CT molecular complexity index is 1610. The number of benzene rings is 1. The zero-order valence-electron chi connectivity index (χ0n) is 21.6. The summed E-state index contributed by atoms with van der Waals surface area (Å²) in [6.07, 6.45) is 7.33. The Labute approximate surface area is 224 Å². The topological polar surface area (TPSA) is 142 Å². The maximum absolute atomic E-state index is 13.2. The number of hydrogen-bond donors (Lipinski definition) is 2. The third kappa shape index (κ3) is 5.30. The van der Waals surface area contributed by atoms with Crippen molar-refractivity contribution in [1.29, 1.82) is 0 Å². The van der Waals surface area contributed by atoms with Crippen LogP contribution in [0.3, 0.4) is 0 Å². The van der Waals surface area contributed by atoms with Crippen LogP contribution < -0.4 is 11.1 Å². The lowest BCUT2D eigenvalue weighted by Gasteiger charge is -2.26. The summed E-state index contributed by atoms with van der Waals surface area (Å²) in [4.78, 5) is 24.4. The fourth-order valence-corrected chi connectivity index (χ4v) is 4.57. The van der Waals surface area contributed by atoms with Gasteiger partial charge in [0.15, 0.2) is 0 Å². The number of morpholine rings is 1. The summed E-state index contributed by atoms with van der Waals surface area (Å²) in [5.74, 6) is 0.487. The van der Waals surface area contributed by atoms with E-state index < -0.39 is 0 Å². The van der Waals surface area contributed by atoms with Crippen molar-refractivity contribution in [2.45, 2.75) is 20.0 Å². The van der Waals surface area contributed by atoms with Gasteiger partial charge in [0.25, 0.3) is 5.91 Å². The largest absolute Gasteiger partial charge is 0.379 e. The van der Waals surface area contributed by atoms with Gasteiger partial charge < -0.3 is 20.3 Å². The van der Waals surface area contributed by atoms with Crippen molar-refractivity contribution in [3.63, 3.8) is 0 Å². The van der Waals surface area contributed by atoms with Gasteiger partial charge in [-0.05, 0) is 36.2 Å². The van der Waals surface area contributed by atoms with E-state index in [0.717, 1.165) is 56.1 Å². The van der Waals surface area contributed by atoms with E-state index >= 15 is 0 Å². The highest BCUT2D eigenvalue weighted by molar-refractivity contribution is 6.04. The number of carbonyl (C=O) groups excluding carboxylic acids is 1. The molecule has 12 heteroatoms. The zero-order valence-corrected chi connectivity index (χ0v) is 21.6. The summed E-state index contributed by atoms with van der Waals surface area (Å²) in [6, 6.07) is 9.50. The second-order valence-electron chi connectivity index (χ2n) is 9.43. The molecule has 0 aliphatic carbocycles. The van der Waals surface area contributed by atoms with Gasteiger partial charge in [-0.25, -0.2) is 4.98 Å². The molecule has 0 saturated carbocycles. The molecule has 12 nitrogen and oxygen atoms in total. The molecule has 1 aromatic carbocycles. The SMILES string of the molecule is Cc1ccc(-c2noc(CN)n2)cc1NC(=O)c1cnc2cc(-c3cnn(CCN4CCOCC4)c3)ccn12. The van der Waals surface area contributed by atoms with E-state index in [9.17, 15) is 4.79 Å². The van der Waals surface area contributed by atoms with Gasteiger partial charge in [0.05, 0.1) is 38.7 Å². The van der Waals surface area contributed by atoms with Crippen LogP contribution in [0.15, 0.2) is 59.6 Å². The van der Waals surface area contributed by atoms with Crippen LogP contribution in [0.4, 0.5) is 5.69 Å². The van der Waals surface area contributed by atoms with Crippen molar-refractivity contribution in [3.05, 3.63) is 72.3 Å². The molecule has 0 radical (unpaired) electrons. The highest BCUT2D eigenvalue weighted by atomic mass is 16.5. The van der Waals surface area contributed by atoms with Crippen molar-refractivity contribution in [3.8, 4) is 22.5 Å². The number of aryl methyl sites for hydroxylation is 1. The Morgan fingerprint density at radius 3 is 2.77 bits per heavy atom. The first-order chi connectivity index (χ1) is 19.1. The van der Waals surface area contributed by atoms with E-state index in [0.29, 0.717) is 34.3 Å². The minimum absolute atomic E-state index is 0.162. The average molecular weight is 528 g/mol. The third-order valence-corrected chi connectivity index (χ3v) is 6.85. The number of rotatable bonds is 8. The first kappa shape index (κ1) is 24.9. The number of carbonyl (C=O) groups is 1. The summed E-state index contributed by atoms with van der Waals surface area (Å²) >= 11 is 0. The lowest BCUT2D eigenvalue weighted by atomic mass is 10.1. The van der Waals surface area contributed by atoms with Gasteiger partial charge in [0.2, 0.25) is 11.7 Å². The second kappa shape index (κ2) is 10.8. The predicted molar refractivity (Wildman–Crippen MR) is 144 cm³/mol. The van der Waals surface area contributed by atoms with Gasteiger partial charge in [-0.2, -0.15) is 10.1 Å². The fraction of sp³-hybridized carbons (Fsp3) is 0.296. The van der Waals surface area contributed by atoms with Crippen LogP contribution in [0.2, 0.25) is 0 Å². The normalized spacial score (nSPS) is 14.2. The molecule has 1 fully saturated rings. The van der Waals surface area contributed by atoms with Crippen molar-refractivity contribution < 1.29 is 14.1 Å². The molecule has 0 unspecified atom stereocenters. The van der Waals surface area contributed by atoms with Crippen LogP contribution in [0, 0.1) is 6.92 Å². The van der Waals surface area contributed by atoms with Crippen LogP contribution in [0.5, 0.6) is 0 Å². The molecule has 5 heterocycles. The summed E-state index contributed by atoms with van der Waals surface area (Å²) in [5, 5.41) is 11.5. The number of nitrogens with zero attached hydrogens (tertiary/aromatic N) is 7. The molecule has 200 valence electrons. The Morgan fingerprint density at radius 1 is 1.08 bits per heavy atom. The number of hydrogen-bond acceptors (Lipinski definition) is 9. The number of imidazole rings is 1. The predicted octanol–water partition coefficient (Wildman–Crippen LogP) is 2.60. The number of nitrogens with one attached hydrogen (secondary N) is 1. The lowest BCUT2D eigenvalue weighted by Crippen LogP contribution is -2.38. The lowest BCUT2D eigenvalue weighted by molar-refractivity contribution is 0.0360. The first-order valence-electron chi connectivity index (χ1n) is 12.8. The number of amides is 1. The third-order valence-electron chi connectivity index (χ3n) is 6.85. The first-order valence-corrected chi connectivity index (χ1v) is 12.8. The minimum Gasteiger partial charge on any atom is -0.379 e. The van der Waals surface area contributed by atoms with Gasteiger partial charge >= 0.3 is 0 Å². The summed E-state index contributed by atoms with van der Waals surface area (Å²) in [5.41, 5.74) is 10.9. The van der Waals surface area contributed by atoms with E-state index in [1.54, 1.807) is 10.6 Å². The minimum atomic E-state index is -0.276. The number of anilines is 1. The summed E-state index contributed by atoms with van der Waals surface area (Å²) < 4.78 is 14.3. The fourth-order valence-electron chi connectivity index (χ4n) is 4.57. The zero-order chi connectivity index (χ0) is 26.8. The van der Waals surface area contributed by atoms with Crippen molar-refractivity contribution in [2.24, 2.45) is 5.73 Å². The molecule has 3 N–H and O–H groups in total. The van der Waals surface area contributed by atoms with Crippen molar-refractivity contribution in [2.75, 3.05) is 38.2 Å². The number of ether oxygens (including phenoxy) is 1. The van der Waals surface area contributed by atoms with Crippen LogP contribution >= 0.6 is 0 Å². The van der Waals surface area contributed by atoms with Gasteiger partial charge in [0.1, 0.15) is 11.3 Å². The molecule has 4 aromatic heterocycles. The molecule has 0 bridgehead atoms. The van der Waals surface area contributed by atoms with Gasteiger partial charge in [-0.15, -0.1) is 0 Å². The Kier molecular flexibility index (Phi) is 6.88. The molecule has 1 aliphatic heterocycles. The van der Waals surface area contributed by atoms with Crippen LogP contribution in [-0.4, -0.2) is 73.0 Å². The molecule has 0 spiro atoms. The number of fused-ring (bicyclic) bond motifs is 1. The molecule has 0 atom stereocenters. The summed E-state index contributed by atoms with van der Waals surface area (Å²) in [7, 11) is 0. The maximum atomic E-state index is 13.2. The maximum Gasteiger partial charge on any atom is 0.274 e. The van der Waals surface area contributed by atoms with Crippen LogP contribution in [0.25, 0.3) is 28.2 Å². The Balaban J connectivity index is 1.17. The Hall–Kier alpha value is -4.39. The van der Waals surface area contributed by atoms with Gasteiger partial charge in [-0.3, -0.25) is 18.8 Å². The molecule has 1 aliphatic rings. The van der Waals surface area contributed by atoms with Gasteiger partial charge in [-0.1, -0.05) is 17.3 Å². The van der Waals surface area contributed by atoms with Crippen LogP contribution in [0.1, 0.15) is 21.9 Å². The number of nitrogens with two attached hydrogens (primary N) is 1. The van der Waals surface area contributed by atoms with E-state index in [1.165, 1.54) is 0 Å². The molecule has 1 amide bonds. The van der Waals surface area contributed by atoms with Gasteiger partial charge in [0, 0.05) is 48.8 Å². The van der Waals surface area contributed by atoms with Crippen LogP contribution in [-0.2, 0) is 17.8 Å². The Morgan fingerprint density at radius 2 is 1.95 bits per heavy atom. The molecule has 6 rings (SSSR count). The average Bonchev–Trinajstić information content (AvgIpc) is 3.73. The quantitative estimate of drug-likeness (QED) is 0.311. The molecule has 5 aromatic rings. The monoisotopic (exact) mass is 527 g/mol. The van der Waals surface area contributed by atoms with E-state index in [-0.39, 0.29) is 12.5 Å². The molecule has 39 heavy (non-hydrogen) atoms. The van der Waals surface area contributed by atoms with Crippen molar-refractivity contribution in [1.82, 2.24) is 34.2 Å². The van der Waals surface area contributed by atoms with E-state index in [1.807, 2.05) is 60.5 Å². The summed E-state index contributed by atoms with van der Waals surface area (Å²) in [6.45, 7) is 7.33. The number of aromatic nitrogens is 6. The highest BCUT2D eigenvalue weighted by Crippen LogP contribution is 2.25. The second-order valence-corrected chi connectivity index (χ2v) is 9.43. The highest BCUT2D eigenvalue weighted by Gasteiger charge is 2.16. The smallest absolute Gasteiger partial charge is 0.274 e. The number of pyridine rings is 1. The van der Waals surface area contributed by atoms with E-state index in [2.05, 4.69) is 30.4 Å². The molecular weight excluding hydrogens is 498 g/mol. The standard InChI is InChI=1S/C27H29N9O3/c1-18-2-3-20(26-32-25(14-28)39-33-26)12-22(18)31-27(37)23-16-29-24-13-19(4-5-36(23)24)21-15-30-35(17-21)7-6-34-8-10-38-11-9-34/h2-5,12-13,15-17H,6-11,14,28H2,1H3,(H,31,37). The molecule has 1 saturated heterocycles. The van der Waals surface area contributed by atoms with Crippen molar-refractivity contribution >= 4 is 17.2 Å². The van der Waals surface area contributed by atoms with E-state index in [4.69, 9.17) is 15.0 Å².